The summed E-state index contributed by atoms with van der Waals surface area (Å²) < 4.78 is 1.92. The number of imidazole rings is 1. The Balaban J connectivity index is 2.47. The van der Waals surface area contributed by atoms with Crippen molar-refractivity contribution in [3.63, 3.8) is 0 Å². The van der Waals surface area contributed by atoms with Crippen molar-refractivity contribution in [1.29, 1.82) is 0 Å². The molecule has 0 fully saturated rings. The Bertz CT molecular complexity index is 468. The molecule has 3 nitrogen and oxygen atoms in total. The van der Waals surface area contributed by atoms with E-state index in [-0.39, 0.29) is 0 Å². The first kappa shape index (κ1) is 8.94. The molecule has 0 aliphatic heterocycles. The van der Waals surface area contributed by atoms with Crippen LogP contribution in [0, 0.1) is 0 Å². The van der Waals surface area contributed by atoms with Crippen molar-refractivity contribution in [3.05, 3.63) is 30.2 Å². The minimum absolute atomic E-state index is 0.929. The van der Waals surface area contributed by atoms with Gasteiger partial charge in [-0.15, -0.1) is 0 Å². The van der Waals surface area contributed by atoms with Gasteiger partial charge >= 0.3 is 0 Å². The van der Waals surface area contributed by atoms with Crippen molar-refractivity contribution >= 4 is 17.2 Å². The lowest BCUT2D eigenvalue weighted by Gasteiger charge is -1.94. The van der Waals surface area contributed by atoms with Gasteiger partial charge in [0.1, 0.15) is 5.52 Å². The topological polar surface area (TPSA) is 30.7 Å². The molecule has 2 heterocycles. The van der Waals surface area contributed by atoms with Crippen molar-refractivity contribution in [2.45, 2.75) is 13.3 Å². The van der Waals surface area contributed by atoms with E-state index in [4.69, 9.17) is 0 Å². The number of pyridine rings is 1. The van der Waals surface area contributed by atoms with Gasteiger partial charge in [0.2, 0.25) is 0 Å². The Morgan fingerprint density at radius 2 is 2.29 bits per heavy atom. The van der Waals surface area contributed by atoms with E-state index in [1.807, 2.05) is 17.8 Å². The van der Waals surface area contributed by atoms with Gasteiger partial charge in [0.25, 0.3) is 0 Å². The van der Waals surface area contributed by atoms with Crippen LogP contribution in [0.1, 0.15) is 18.9 Å². The van der Waals surface area contributed by atoms with E-state index in [2.05, 4.69) is 35.1 Å². The maximum absolute atomic E-state index is 4.34. The van der Waals surface area contributed by atoms with Gasteiger partial charge in [-0.2, -0.15) is 0 Å². The van der Waals surface area contributed by atoms with Crippen LogP contribution in [-0.4, -0.2) is 14.5 Å². The standard InChI is InChI=1S/C11H13N3/c1-3-4-5-9-6-10-11(12-7-9)14(2)8-13-10/h4-8H,3H2,1-2H3/b5-4+. The highest BCUT2D eigenvalue weighted by Gasteiger charge is 1.99. The zero-order valence-electron chi connectivity index (χ0n) is 8.44. The van der Waals surface area contributed by atoms with Crippen molar-refractivity contribution in [2.24, 2.45) is 7.05 Å². The number of allylic oxidation sites excluding steroid dienone is 1. The van der Waals surface area contributed by atoms with Gasteiger partial charge in [0.05, 0.1) is 6.33 Å². The van der Waals surface area contributed by atoms with E-state index < -0.39 is 0 Å². The summed E-state index contributed by atoms with van der Waals surface area (Å²) in [5.74, 6) is 0. The minimum atomic E-state index is 0.929. The molecule has 0 N–H and O–H groups in total. The normalized spacial score (nSPS) is 11.6. The first-order valence-electron chi connectivity index (χ1n) is 4.75. The summed E-state index contributed by atoms with van der Waals surface area (Å²) in [6, 6.07) is 2.05. The number of hydrogen-bond acceptors (Lipinski definition) is 2. The molecule has 0 unspecified atom stereocenters. The summed E-state index contributed by atoms with van der Waals surface area (Å²) in [5, 5.41) is 0. The Hall–Kier alpha value is -1.64. The summed E-state index contributed by atoms with van der Waals surface area (Å²) >= 11 is 0. The Kier molecular flexibility index (Phi) is 2.31. The lowest BCUT2D eigenvalue weighted by molar-refractivity contribution is 0.931. The molecule has 0 saturated carbocycles. The monoisotopic (exact) mass is 187 g/mol. The second-order valence-corrected chi connectivity index (χ2v) is 3.28. The Labute approximate surface area is 83.1 Å². The maximum atomic E-state index is 4.34. The molecule has 2 rings (SSSR count). The Morgan fingerprint density at radius 1 is 1.43 bits per heavy atom. The molecule has 0 atom stereocenters. The predicted molar refractivity (Wildman–Crippen MR) is 57.8 cm³/mol. The molecule has 0 spiro atoms. The third-order valence-electron chi connectivity index (χ3n) is 2.12. The van der Waals surface area contributed by atoms with Crippen LogP contribution in [0.4, 0.5) is 0 Å². The number of aromatic nitrogens is 3. The quantitative estimate of drug-likeness (QED) is 0.722. The third-order valence-corrected chi connectivity index (χ3v) is 2.12. The number of aryl methyl sites for hydroxylation is 1. The van der Waals surface area contributed by atoms with Crippen LogP contribution in [0.25, 0.3) is 17.2 Å². The van der Waals surface area contributed by atoms with Gasteiger partial charge in [0.15, 0.2) is 5.65 Å². The average Bonchev–Trinajstić information content (AvgIpc) is 2.57. The zero-order valence-corrected chi connectivity index (χ0v) is 8.44. The molecule has 2 aromatic rings. The van der Waals surface area contributed by atoms with Crippen molar-refractivity contribution in [1.82, 2.24) is 14.5 Å². The molecule has 2 aromatic heterocycles. The van der Waals surface area contributed by atoms with Crippen LogP contribution in [0.5, 0.6) is 0 Å². The van der Waals surface area contributed by atoms with Crippen LogP contribution >= 0.6 is 0 Å². The van der Waals surface area contributed by atoms with Gasteiger partial charge in [0, 0.05) is 13.2 Å². The minimum Gasteiger partial charge on any atom is -0.318 e. The van der Waals surface area contributed by atoms with E-state index in [1.54, 1.807) is 6.33 Å². The average molecular weight is 187 g/mol. The van der Waals surface area contributed by atoms with Crippen molar-refractivity contribution < 1.29 is 0 Å². The second kappa shape index (κ2) is 3.62. The van der Waals surface area contributed by atoms with E-state index in [1.165, 1.54) is 0 Å². The van der Waals surface area contributed by atoms with Gasteiger partial charge in [-0.25, -0.2) is 9.97 Å². The van der Waals surface area contributed by atoms with Crippen LogP contribution in [0.3, 0.4) is 0 Å². The zero-order chi connectivity index (χ0) is 9.97. The highest BCUT2D eigenvalue weighted by Crippen LogP contribution is 2.11. The fourth-order valence-corrected chi connectivity index (χ4v) is 1.38. The van der Waals surface area contributed by atoms with Crippen molar-refractivity contribution in [3.8, 4) is 0 Å². The molecule has 0 aliphatic rings. The fraction of sp³-hybridized carbons (Fsp3) is 0.273. The molecule has 0 aliphatic carbocycles. The first-order chi connectivity index (χ1) is 6.81. The van der Waals surface area contributed by atoms with E-state index in [9.17, 15) is 0 Å². The van der Waals surface area contributed by atoms with Gasteiger partial charge in [-0.1, -0.05) is 19.1 Å². The van der Waals surface area contributed by atoms with E-state index >= 15 is 0 Å². The molecule has 0 amide bonds. The van der Waals surface area contributed by atoms with E-state index in [0.29, 0.717) is 0 Å². The van der Waals surface area contributed by atoms with Crippen molar-refractivity contribution in [2.75, 3.05) is 0 Å². The SMILES string of the molecule is CC/C=C/c1cnc2c(c1)ncn2C. The largest absolute Gasteiger partial charge is 0.318 e. The van der Waals surface area contributed by atoms with E-state index in [0.717, 1.165) is 23.1 Å². The fourth-order valence-electron chi connectivity index (χ4n) is 1.38. The summed E-state index contributed by atoms with van der Waals surface area (Å²) in [5.41, 5.74) is 2.99. The van der Waals surface area contributed by atoms with Gasteiger partial charge in [-0.05, 0) is 18.1 Å². The first-order valence-corrected chi connectivity index (χ1v) is 4.75. The maximum Gasteiger partial charge on any atom is 0.159 e. The summed E-state index contributed by atoms with van der Waals surface area (Å²) in [6.07, 6.45) is 8.88. The number of hydrogen-bond donors (Lipinski definition) is 0. The number of rotatable bonds is 2. The molecular formula is C11H13N3. The molecule has 72 valence electrons. The molecule has 0 bridgehead atoms. The third kappa shape index (κ3) is 1.53. The van der Waals surface area contributed by atoms with Crippen LogP contribution in [-0.2, 0) is 7.05 Å². The molecule has 3 heteroatoms. The lowest BCUT2D eigenvalue weighted by atomic mass is 10.2. The molecule has 0 radical (unpaired) electrons. The van der Waals surface area contributed by atoms with Crippen LogP contribution in [0.2, 0.25) is 0 Å². The van der Waals surface area contributed by atoms with Gasteiger partial charge in [-0.3, -0.25) is 0 Å². The molecular weight excluding hydrogens is 174 g/mol. The molecule has 14 heavy (non-hydrogen) atoms. The van der Waals surface area contributed by atoms with Gasteiger partial charge < -0.3 is 4.57 Å². The van der Waals surface area contributed by atoms with Crippen LogP contribution < -0.4 is 0 Å². The Morgan fingerprint density at radius 3 is 3.07 bits per heavy atom. The number of fused-ring (bicyclic) bond motifs is 1. The van der Waals surface area contributed by atoms with Crippen LogP contribution in [0.15, 0.2) is 24.7 Å². The smallest absolute Gasteiger partial charge is 0.159 e. The molecule has 0 aromatic carbocycles. The summed E-state index contributed by atoms with van der Waals surface area (Å²) in [7, 11) is 1.95. The number of nitrogens with zero attached hydrogens (tertiary/aromatic N) is 3. The highest BCUT2D eigenvalue weighted by molar-refractivity contribution is 5.73. The summed E-state index contributed by atoms with van der Waals surface area (Å²) in [4.78, 5) is 8.60. The summed E-state index contributed by atoms with van der Waals surface area (Å²) in [6.45, 7) is 2.11. The highest BCUT2D eigenvalue weighted by atomic mass is 15.1. The predicted octanol–water partition coefficient (Wildman–Crippen LogP) is 2.39. The second-order valence-electron chi connectivity index (χ2n) is 3.28. The lowest BCUT2D eigenvalue weighted by Crippen LogP contribution is -1.87. The molecule has 0 saturated heterocycles.